The molecule has 1 fully saturated rings. The van der Waals surface area contributed by atoms with Crippen LogP contribution in [-0.2, 0) is 16.1 Å². The molecule has 1 atom stereocenters. The topological polar surface area (TPSA) is 63.6 Å². The molecule has 0 bridgehead atoms. The van der Waals surface area contributed by atoms with E-state index in [2.05, 4.69) is 28.9 Å². The van der Waals surface area contributed by atoms with Crippen molar-refractivity contribution < 1.29 is 14.3 Å². The first-order valence-corrected chi connectivity index (χ1v) is 10.9. The zero-order valence-corrected chi connectivity index (χ0v) is 18.2. The van der Waals surface area contributed by atoms with Crippen LogP contribution in [0.25, 0.3) is 21.8 Å². The number of nitrogens with one attached hydrogen (secondary N) is 1. The quantitative estimate of drug-likeness (QED) is 0.469. The number of hydrogen-bond acceptors (Lipinski definition) is 3. The Kier molecular flexibility index (Phi) is 5.05. The molecule has 2 heterocycles. The number of anilines is 2. The second kappa shape index (κ2) is 8.04. The molecule has 0 spiro atoms. The molecule has 0 radical (unpaired) electrons. The average molecular weight is 428 g/mol. The monoisotopic (exact) mass is 427 g/mol. The zero-order chi connectivity index (χ0) is 22.2. The lowest BCUT2D eigenvalue weighted by atomic mass is 10.1. The molecule has 2 amide bonds. The first-order chi connectivity index (χ1) is 15.5. The number of carbonyl (C=O) groups excluding carboxylic acids is 2. The van der Waals surface area contributed by atoms with Gasteiger partial charge in [0.1, 0.15) is 6.10 Å². The Morgan fingerprint density at radius 2 is 1.78 bits per heavy atom. The third-order valence-corrected chi connectivity index (χ3v) is 6.04. The minimum absolute atomic E-state index is 0.0413. The normalized spacial score (nSPS) is 16.1. The average Bonchev–Trinajstić information content (AvgIpc) is 3.31. The second-order valence-corrected chi connectivity index (χ2v) is 8.19. The largest absolute Gasteiger partial charge is 0.444 e. The van der Waals surface area contributed by atoms with Gasteiger partial charge in [-0.3, -0.25) is 10.1 Å². The summed E-state index contributed by atoms with van der Waals surface area (Å²) >= 11 is 0. The molecular formula is C26H25N3O3. The number of rotatable bonds is 4. The molecule has 0 aliphatic carbocycles. The number of fused-ring (bicyclic) bond motifs is 3. The van der Waals surface area contributed by atoms with Crippen LogP contribution in [0.15, 0.2) is 66.7 Å². The summed E-state index contributed by atoms with van der Waals surface area (Å²) in [6.07, 6.45) is -0.841. The van der Waals surface area contributed by atoms with Crippen LogP contribution in [0.3, 0.4) is 0 Å². The summed E-state index contributed by atoms with van der Waals surface area (Å²) < 4.78 is 7.83. The van der Waals surface area contributed by atoms with Gasteiger partial charge in [-0.1, -0.05) is 35.9 Å². The van der Waals surface area contributed by atoms with Gasteiger partial charge in [-0.05, 0) is 50.2 Å². The van der Waals surface area contributed by atoms with Crippen molar-refractivity contribution >= 4 is 45.2 Å². The van der Waals surface area contributed by atoms with E-state index < -0.39 is 12.2 Å². The van der Waals surface area contributed by atoms with Gasteiger partial charge in [0.25, 0.3) is 0 Å². The molecule has 5 rings (SSSR count). The minimum Gasteiger partial charge on any atom is -0.444 e. The number of carbonyl (C=O) groups is 2. The Morgan fingerprint density at radius 1 is 1.03 bits per heavy atom. The van der Waals surface area contributed by atoms with Crippen LogP contribution in [-0.4, -0.2) is 29.2 Å². The van der Waals surface area contributed by atoms with E-state index in [1.54, 1.807) is 4.90 Å². The maximum Gasteiger partial charge on any atom is 0.411 e. The van der Waals surface area contributed by atoms with Crippen LogP contribution in [0.4, 0.5) is 16.2 Å². The van der Waals surface area contributed by atoms with Gasteiger partial charge < -0.3 is 14.2 Å². The zero-order valence-electron chi connectivity index (χ0n) is 18.2. The molecule has 4 aromatic rings. The number of para-hydroxylation sites is 1. The maximum atomic E-state index is 12.6. The van der Waals surface area contributed by atoms with Gasteiger partial charge in [0.15, 0.2) is 0 Å². The summed E-state index contributed by atoms with van der Waals surface area (Å²) in [4.78, 5) is 26.6. The van der Waals surface area contributed by atoms with Gasteiger partial charge in [-0.15, -0.1) is 0 Å². The highest BCUT2D eigenvalue weighted by Crippen LogP contribution is 2.31. The molecule has 1 N–H and O–H groups in total. The summed E-state index contributed by atoms with van der Waals surface area (Å²) in [7, 11) is 0. The van der Waals surface area contributed by atoms with Crippen molar-refractivity contribution in [2.45, 2.75) is 32.9 Å². The summed E-state index contributed by atoms with van der Waals surface area (Å²) in [5.74, 6) is -0.0413. The van der Waals surface area contributed by atoms with Crippen LogP contribution in [0.2, 0.25) is 0 Å². The molecule has 0 saturated carbocycles. The number of benzene rings is 3. The standard InChI is InChI=1S/C26H25N3O3/c1-3-28-23-7-5-4-6-21(23)22-14-18(10-13-24(22)28)27-26(31)32-20-15-25(30)29(16-20)19-11-8-17(2)9-12-19/h4-14,20H,3,15-16H2,1-2H3,(H,27,31). The highest BCUT2D eigenvalue weighted by atomic mass is 16.6. The summed E-state index contributed by atoms with van der Waals surface area (Å²) in [5.41, 5.74) is 4.92. The van der Waals surface area contributed by atoms with E-state index in [0.29, 0.717) is 12.2 Å². The van der Waals surface area contributed by atoms with Crippen LogP contribution < -0.4 is 10.2 Å². The molecule has 6 heteroatoms. The van der Waals surface area contributed by atoms with Crippen molar-refractivity contribution in [2.24, 2.45) is 0 Å². The van der Waals surface area contributed by atoms with E-state index in [9.17, 15) is 9.59 Å². The van der Waals surface area contributed by atoms with Crippen molar-refractivity contribution in [1.82, 2.24) is 4.57 Å². The summed E-state index contributed by atoms with van der Waals surface area (Å²) in [6, 6.07) is 21.9. The molecule has 1 aliphatic rings. The molecule has 1 saturated heterocycles. The van der Waals surface area contributed by atoms with Gasteiger partial charge in [0.05, 0.1) is 13.0 Å². The highest BCUT2D eigenvalue weighted by molar-refractivity contribution is 6.09. The Bertz CT molecular complexity index is 1320. The van der Waals surface area contributed by atoms with Crippen LogP contribution in [0.1, 0.15) is 18.9 Å². The minimum atomic E-state index is -0.549. The van der Waals surface area contributed by atoms with Crippen molar-refractivity contribution in [3.05, 3.63) is 72.3 Å². The fraction of sp³-hybridized carbons (Fsp3) is 0.231. The SMILES string of the molecule is CCn1c2ccccc2c2cc(NC(=O)OC3CC(=O)N(c4ccc(C)cc4)C3)ccc21. The van der Waals surface area contributed by atoms with E-state index in [0.717, 1.165) is 34.1 Å². The maximum absolute atomic E-state index is 12.6. The van der Waals surface area contributed by atoms with Gasteiger partial charge in [-0.25, -0.2) is 4.79 Å². The number of aromatic nitrogens is 1. The lowest BCUT2D eigenvalue weighted by molar-refractivity contribution is -0.117. The predicted octanol–water partition coefficient (Wildman–Crippen LogP) is 5.48. The molecular weight excluding hydrogens is 402 g/mol. The third kappa shape index (κ3) is 3.58. The number of nitrogens with zero attached hydrogens (tertiary/aromatic N) is 2. The molecule has 6 nitrogen and oxygen atoms in total. The van der Waals surface area contributed by atoms with Crippen LogP contribution >= 0.6 is 0 Å². The van der Waals surface area contributed by atoms with E-state index in [1.165, 1.54) is 5.52 Å². The van der Waals surface area contributed by atoms with Gasteiger partial charge in [0.2, 0.25) is 5.91 Å². The van der Waals surface area contributed by atoms with Gasteiger partial charge in [-0.2, -0.15) is 0 Å². The highest BCUT2D eigenvalue weighted by Gasteiger charge is 2.33. The Labute approximate surface area is 186 Å². The lowest BCUT2D eigenvalue weighted by Crippen LogP contribution is -2.27. The van der Waals surface area contributed by atoms with Gasteiger partial charge >= 0.3 is 6.09 Å². The molecule has 1 aliphatic heterocycles. The second-order valence-electron chi connectivity index (χ2n) is 8.19. The number of amides is 2. The molecule has 3 aromatic carbocycles. The Hall–Kier alpha value is -3.80. The van der Waals surface area contributed by atoms with E-state index in [1.807, 2.05) is 61.5 Å². The van der Waals surface area contributed by atoms with Crippen LogP contribution in [0, 0.1) is 6.92 Å². The summed E-state index contributed by atoms with van der Waals surface area (Å²) in [5, 5.41) is 5.06. The van der Waals surface area contributed by atoms with Crippen molar-refractivity contribution in [1.29, 1.82) is 0 Å². The number of aryl methyl sites for hydroxylation is 2. The predicted molar refractivity (Wildman–Crippen MR) is 127 cm³/mol. The van der Waals surface area contributed by atoms with Crippen molar-refractivity contribution in [3.8, 4) is 0 Å². The first kappa shape index (κ1) is 20.1. The fourth-order valence-corrected chi connectivity index (χ4v) is 4.50. The smallest absolute Gasteiger partial charge is 0.411 e. The fourth-order valence-electron chi connectivity index (χ4n) is 4.50. The summed E-state index contributed by atoms with van der Waals surface area (Å²) in [6.45, 7) is 5.35. The van der Waals surface area contributed by atoms with E-state index in [-0.39, 0.29) is 12.3 Å². The van der Waals surface area contributed by atoms with Crippen LogP contribution in [0.5, 0.6) is 0 Å². The first-order valence-electron chi connectivity index (χ1n) is 10.9. The number of hydrogen-bond donors (Lipinski definition) is 1. The Morgan fingerprint density at radius 3 is 2.56 bits per heavy atom. The molecule has 1 aromatic heterocycles. The van der Waals surface area contributed by atoms with E-state index >= 15 is 0 Å². The van der Waals surface area contributed by atoms with Gasteiger partial charge in [0, 0.05) is 39.7 Å². The van der Waals surface area contributed by atoms with Crippen molar-refractivity contribution in [3.63, 3.8) is 0 Å². The third-order valence-electron chi connectivity index (χ3n) is 6.04. The Balaban J connectivity index is 1.30. The lowest BCUT2D eigenvalue weighted by Gasteiger charge is -2.17. The molecule has 1 unspecified atom stereocenters. The van der Waals surface area contributed by atoms with Crippen molar-refractivity contribution in [2.75, 3.05) is 16.8 Å². The molecule has 32 heavy (non-hydrogen) atoms. The molecule has 162 valence electrons. The van der Waals surface area contributed by atoms with E-state index in [4.69, 9.17) is 4.74 Å². The number of ether oxygens (including phenoxy) is 1.